The van der Waals surface area contributed by atoms with Crippen molar-refractivity contribution < 1.29 is 27.6 Å². The third-order valence-electron chi connectivity index (χ3n) is 2.46. The molecule has 0 aliphatic carbocycles. The number of hydrogen-bond acceptors (Lipinski definition) is 8. The van der Waals surface area contributed by atoms with Crippen LogP contribution in [0.1, 0.15) is 0 Å². The molecular formula is C11H6F3N5O3. The van der Waals surface area contributed by atoms with Crippen molar-refractivity contribution in [3.05, 3.63) is 24.3 Å². The second-order valence-corrected chi connectivity index (χ2v) is 3.98. The van der Waals surface area contributed by atoms with Gasteiger partial charge in [0.1, 0.15) is 0 Å². The third kappa shape index (κ3) is 2.82. The number of hydrogen-bond donors (Lipinski definition) is 2. The summed E-state index contributed by atoms with van der Waals surface area (Å²) < 4.78 is 45.3. The SMILES string of the molecule is Oc1nc2nonc2nc1Nc1ccccc1OC(F)(F)F. The Morgan fingerprint density at radius 3 is 2.50 bits per heavy atom. The lowest BCUT2D eigenvalue weighted by Crippen LogP contribution is -2.17. The standard InChI is InChI=1S/C11H6F3N5O3/c12-11(13,14)21-6-4-2-1-3-5(6)15-9-10(20)17-8-7(16-9)18-22-19-8/h1-4H,(H,15,16,18)(H,17,19,20). The summed E-state index contributed by atoms with van der Waals surface area (Å²) in [5, 5.41) is 19.0. The second-order valence-electron chi connectivity index (χ2n) is 3.98. The molecule has 0 saturated carbocycles. The highest BCUT2D eigenvalue weighted by molar-refractivity contribution is 5.72. The molecule has 2 N–H and O–H groups in total. The Bertz CT molecular complexity index is 820. The van der Waals surface area contributed by atoms with Crippen LogP contribution < -0.4 is 10.1 Å². The van der Waals surface area contributed by atoms with Crippen molar-refractivity contribution in [1.82, 2.24) is 20.3 Å². The molecule has 3 aromatic rings. The molecule has 0 saturated heterocycles. The van der Waals surface area contributed by atoms with Crippen molar-refractivity contribution in [2.24, 2.45) is 0 Å². The summed E-state index contributed by atoms with van der Waals surface area (Å²) in [5.74, 6) is -1.29. The lowest BCUT2D eigenvalue weighted by molar-refractivity contribution is -0.274. The Morgan fingerprint density at radius 1 is 1.09 bits per heavy atom. The van der Waals surface area contributed by atoms with E-state index in [0.717, 1.165) is 6.07 Å². The monoisotopic (exact) mass is 313 g/mol. The number of halogens is 3. The van der Waals surface area contributed by atoms with Crippen LogP contribution in [0.4, 0.5) is 24.7 Å². The van der Waals surface area contributed by atoms with E-state index in [1.807, 2.05) is 0 Å². The smallest absolute Gasteiger partial charge is 0.491 e. The number of alkyl halides is 3. The zero-order valence-electron chi connectivity index (χ0n) is 10.5. The molecule has 11 heteroatoms. The number of aromatic hydroxyl groups is 1. The van der Waals surface area contributed by atoms with E-state index in [1.165, 1.54) is 18.2 Å². The summed E-state index contributed by atoms with van der Waals surface area (Å²) in [5.41, 5.74) is -0.127. The number of anilines is 2. The minimum atomic E-state index is -4.86. The molecule has 22 heavy (non-hydrogen) atoms. The predicted octanol–water partition coefficient (Wildman–Crippen LogP) is 2.36. The molecule has 0 spiro atoms. The number of ether oxygens (including phenoxy) is 1. The van der Waals surface area contributed by atoms with Crippen LogP contribution in [0.5, 0.6) is 11.6 Å². The van der Waals surface area contributed by atoms with E-state index in [4.69, 9.17) is 0 Å². The fourth-order valence-corrected chi connectivity index (χ4v) is 1.62. The maximum atomic E-state index is 12.3. The lowest BCUT2D eigenvalue weighted by atomic mass is 10.3. The van der Waals surface area contributed by atoms with Crippen LogP contribution in [-0.2, 0) is 0 Å². The summed E-state index contributed by atoms with van der Waals surface area (Å²) in [7, 11) is 0. The van der Waals surface area contributed by atoms with Crippen LogP contribution in [0.15, 0.2) is 28.9 Å². The van der Waals surface area contributed by atoms with Gasteiger partial charge in [0.05, 0.1) is 5.69 Å². The van der Waals surface area contributed by atoms with E-state index in [-0.39, 0.29) is 22.8 Å². The van der Waals surface area contributed by atoms with Crippen LogP contribution in [0.25, 0.3) is 11.3 Å². The number of benzene rings is 1. The van der Waals surface area contributed by atoms with Gasteiger partial charge in [-0.1, -0.05) is 12.1 Å². The fourth-order valence-electron chi connectivity index (χ4n) is 1.62. The summed E-state index contributed by atoms with van der Waals surface area (Å²) in [4.78, 5) is 7.48. The van der Waals surface area contributed by atoms with Gasteiger partial charge in [-0.05, 0) is 22.4 Å². The van der Waals surface area contributed by atoms with Gasteiger partial charge in [0.2, 0.25) is 11.3 Å². The van der Waals surface area contributed by atoms with Crippen LogP contribution in [-0.4, -0.2) is 31.8 Å². The Hall–Kier alpha value is -3.11. The minimum Gasteiger partial charge on any atom is -0.491 e. The number of fused-ring (bicyclic) bond motifs is 1. The normalized spacial score (nSPS) is 11.6. The molecule has 0 unspecified atom stereocenters. The number of rotatable bonds is 3. The minimum absolute atomic E-state index is 0.0190. The van der Waals surface area contributed by atoms with E-state index < -0.39 is 18.0 Å². The molecule has 3 rings (SSSR count). The maximum Gasteiger partial charge on any atom is 0.573 e. The van der Waals surface area contributed by atoms with E-state index in [1.54, 1.807) is 0 Å². The number of para-hydroxylation sites is 2. The predicted molar refractivity (Wildman–Crippen MR) is 65.5 cm³/mol. The Morgan fingerprint density at radius 2 is 1.77 bits per heavy atom. The summed E-state index contributed by atoms with van der Waals surface area (Å²) in [6, 6.07) is 5.26. The van der Waals surface area contributed by atoms with Gasteiger partial charge in [-0.15, -0.1) is 13.2 Å². The molecule has 1 aromatic carbocycles. The molecule has 2 heterocycles. The Labute approximate surface area is 119 Å². The van der Waals surface area contributed by atoms with Gasteiger partial charge < -0.3 is 15.2 Å². The number of nitrogens with one attached hydrogen (secondary N) is 1. The average Bonchev–Trinajstić information content (AvgIpc) is 2.86. The third-order valence-corrected chi connectivity index (χ3v) is 2.46. The topological polar surface area (TPSA) is 106 Å². The van der Waals surface area contributed by atoms with E-state index in [2.05, 4.69) is 35.0 Å². The largest absolute Gasteiger partial charge is 0.573 e. The highest BCUT2D eigenvalue weighted by Crippen LogP contribution is 2.33. The van der Waals surface area contributed by atoms with Gasteiger partial charge in [0.15, 0.2) is 11.6 Å². The highest BCUT2D eigenvalue weighted by atomic mass is 19.4. The average molecular weight is 313 g/mol. The first kappa shape index (κ1) is 13.9. The first-order valence-electron chi connectivity index (χ1n) is 5.73. The van der Waals surface area contributed by atoms with E-state index in [9.17, 15) is 18.3 Å². The van der Waals surface area contributed by atoms with Crippen molar-refractivity contribution in [1.29, 1.82) is 0 Å². The lowest BCUT2D eigenvalue weighted by Gasteiger charge is -2.14. The molecule has 0 bridgehead atoms. The maximum absolute atomic E-state index is 12.3. The van der Waals surface area contributed by atoms with Crippen molar-refractivity contribution in [2.45, 2.75) is 6.36 Å². The van der Waals surface area contributed by atoms with Crippen molar-refractivity contribution in [2.75, 3.05) is 5.32 Å². The van der Waals surface area contributed by atoms with Gasteiger partial charge in [-0.3, -0.25) is 0 Å². The molecule has 2 aromatic heterocycles. The number of nitrogens with zero attached hydrogens (tertiary/aromatic N) is 4. The number of aromatic nitrogens is 4. The Balaban J connectivity index is 1.96. The molecule has 0 aliphatic heterocycles. The van der Waals surface area contributed by atoms with Crippen LogP contribution in [0.3, 0.4) is 0 Å². The molecule has 8 nitrogen and oxygen atoms in total. The highest BCUT2D eigenvalue weighted by Gasteiger charge is 2.32. The van der Waals surface area contributed by atoms with Gasteiger partial charge in [0, 0.05) is 0 Å². The van der Waals surface area contributed by atoms with Crippen LogP contribution in [0, 0.1) is 0 Å². The van der Waals surface area contributed by atoms with Crippen molar-refractivity contribution in [3.8, 4) is 11.6 Å². The molecule has 0 aliphatic rings. The first-order chi connectivity index (χ1) is 10.4. The summed E-state index contributed by atoms with van der Waals surface area (Å²) >= 11 is 0. The molecule has 0 atom stereocenters. The fraction of sp³-hybridized carbons (Fsp3) is 0.0909. The first-order valence-corrected chi connectivity index (χ1v) is 5.73. The van der Waals surface area contributed by atoms with Gasteiger partial charge >= 0.3 is 6.36 Å². The molecule has 114 valence electrons. The van der Waals surface area contributed by atoms with E-state index in [0.29, 0.717) is 0 Å². The molecular weight excluding hydrogens is 307 g/mol. The van der Waals surface area contributed by atoms with Crippen LogP contribution >= 0.6 is 0 Å². The van der Waals surface area contributed by atoms with Crippen molar-refractivity contribution in [3.63, 3.8) is 0 Å². The summed E-state index contributed by atoms with van der Waals surface area (Å²) in [6.07, 6.45) is -4.86. The van der Waals surface area contributed by atoms with Crippen LogP contribution in [0.2, 0.25) is 0 Å². The van der Waals surface area contributed by atoms with Gasteiger partial charge in [0.25, 0.3) is 5.88 Å². The second kappa shape index (κ2) is 5.02. The molecule has 0 fully saturated rings. The zero-order chi connectivity index (χ0) is 15.7. The van der Waals surface area contributed by atoms with E-state index >= 15 is 0 Å². The molecule has 0 radical (unpaired) electrons. The summed E-state index contributed by atoms with van der Waals surface area (Å²) in [6.45, 7) is 0. The quantitative estimate of drug-likeness (QED) is 0.759. The zero-order valence-corrected chi connectivity index (χ0v) is 10.5. The van der Waals surface area contributed by atoms with Gasteiger partial charge in [-0.25, -0.2) is 4.63 Å². The Kier molecular flexibility index (Phi) is 3.16. The van der Waals surface area contributed by atoms with Crippen molar-refractivity contribution >= 4 is 22.8 Å². The molecule has 0 amide bonds. The van der Waals surface area contributed by atoms with Gasteiger partial charge in [-0.2, -0.15) is 9.97 Å².